The van der Waals surface area contributed by atoms with Crippen LogP contribution in [0.4, 0.5) is 0 Å². The van der Waals surface area contributed by atoms with Gasteiger partial charge in [-0.25, -0.2) is 4.79 Å². The zero-order valence-electron chi connectivity index (χ0n) is 13.5. The number of aryl methyl sites for hydroxylation is 1. The zero-order valence-corrected chi connectivity index (χ0v) is 13.5. The number of Topliss-reactive ketones (excluding diaryl/α,β-unsaturated/α-hetero) is 1. The molecule has 0 aromatic heterocycles. The fourth-order valence-corrected chi connectivity index (χ4v) is 2.72. The number of rotatable bonds is 3. The largest absolute Gasteiger partial charge is 0.507 e. The van der Waals surface area contributed by atoms with Crippen LogP contribution < -0.4 is 9.47 Å². The molecule has 0 unspecified atom stereocenters. The first-order chi connectivity index (χ1) is 11.3. The van der Waals surface area contributed by atoms with Gasteiger partial charge in [0.05, 0.1) is 5.56 Å². The van der Waals surface area contributed by atoms with Crippen molar-refractivity contribution in [2.75, 3.05) is 6.61 Å². The van der Waals surface area contributed by atoms with Gasteiger partial charge in [0, 0.05) is 16.8 Å². The topological polar surface area (TPSA) is 93.1 Å². The summed E-state index contributed by atoms with van der Waals surface area (Å²) in [5, 5.41) is 21.0. The second-order valence-electron chi connectivity index (χ2n) is 5.87. The van der Waals surface area contributed by atoms with Crippen LogP contribution in [-0.2, 0) is 4.79 Å². The van der Waals surface area contributed by atoms with Gasteiger partial charge in [-0.2, -0.15) is 0 Å². The Kier molecular flexibility index (Phi) is 3.67. The van der Waals surface area contributed by atoms with E-state index in [4.69, 9.17) is 9.47 Å². The summed E-state index contributed by atoms with van der Waals surface area (Å²) in [6.07, 6.45) is 1.87. The van der Waals surface area contributed by atoms with Gasteiger partial charge in [-0.1, -0.05) is 5.57 Å². The Hall–Kier alpha value is -3.02. The summed E-state index contributed by atoms with van der Waals surface area (Å²) >= 11 is 0. The SMILES string of the molecule is CC(C)=CCOc1cc(O)c2c3c(c(O)cc(C)c13)OC(=O)C2=O. The summed E-state index contributed by atoms with van der Waals surface area (Å²) in [4.78, 5) is 23.8. The Morgan fingerprint density at radius 1 is 1.17 bits per heavy atom. The maximum Gasteiger partial charge on any atom is 0.385 e. The molecule has 1 aliphatic rings. The number of hydrogen-bond acceptors (Lipinski definition) is 6. The molecule has 0 radical (unpaired) electrons. The lowest BCUT2D eigenvalue weighted by molar-refractivity contribution is -0.129. The molecule has 1 heterocycles. The minimum absolute atomic E-state index is 0.141. The molecule has 2 aromatic carbocycles. The van der Waals surface area contributed by atoms with Crippen molar-refractivity contribution in [3.63, 3.8) is 0 Å². The van der Waals surface area contributed by atoms with Crippen molar-refractivity contribution >= 4 is 22.5 Å². The summed E-state index contributed by atoms with van der Waals surface area (Å²) < 4.78 is 10.6. The van der Waals surface area contributed by atoms with Gasteiger partial charge in [-0.3, -0.25) is 4.79 Å². The van der Waals surface area contributed by atoms with E-state index < -0.39 is 11.8 Å². The minimum atomic E-state index is -1.14. The van der Waals surface area contributed by atoms with Crippen molar-refractivity contribution < 1.29 is 29.3 Å². The molecule has 0 saturated heterocycles. The third-order valence-corrected chi connectivity index (χ3v) is 3.82. The second-order valence-corrected chi connectivity index (χ2v) is 5.87. The lowest BCUT2D eigenvalue weighted by Gasteiger charge is -2.21. The van der Waals surface area contributed by atoms with Crippen LogP contribution >= 0.6 is 0 Å². The summed E-state index contributed by atoms with van der Waals surface area (Å²) in [7, 11) is 0. The third-order valence-electron chi connectivity index (χ3n) is 3.82. The number of carbonyl (C=O) groups excluding carboxylic acids is 2. The number of benzene rings is 2. The number of allylic oxidation sites excluding steroid dienone is 1. The molecular weight excluding hydrogens is 312 g/mol. The van der Waals surface area contributed by atoms with Gasteiger partial charge in [0.15, 0.2) is 11.5 Å². The number of ketones is 1. The van der Waals surface area contributed by atoms with Crippen LogP contribution in [0.2, 0.25) is 0 Å². The molecule has 6 nitrogen and oxygen atoms in total. The normalized spacial score (nSPS) is 13.0. The molecular formula is C18H16O6. The molecule has 6 heteroatoms. The molecule has 0 amide bonds. The number of esters is 1. The van der Waals surface area contributed by atoms with E-state index in [2.05, 4.69) is 0 Å². The second kappa shape index (κ2) is 5.56. The number of carbonyl (C=O) groups is 2. The highest BCUT2D eigenvalue weighted by atomic mass is 16.5. The van der Waals surface area contributed by atoms with Gasteiger partial charge in [0.2, 0.25) is 0 Å². The Labute approximate surface area is 137 Å². The molecule has 0 spiro atoms. The van der Waals surface area contributed by atoms with E-state index in [9.17, 15) is 19.8 Å². The third kappa shape index (κ3) is 2.36. The molecule has 0 saturated carbocycles. The monoisotopic (exact) mass is 328 g/mol. The molecule has 0 bridgehead atoms. The van der Waals surface area contributed by atoms with Crippen LogP contribution in [0.3, 0.4) is 0 Å². The molecule has 2 aromatic rings. The Bertz CT molecular complexity index is 919. The van der Waals surface area contributed by atoms with Crippen LogP contribution in [0.15, 0.2) is 23.8 Å². The fourth-order valence-electron chi connectivity index (χ4n) is 2.72. The van der Waals surface area contributed by atoms with Gasteiger partial charge < -0.3 is 19.7 Å². The lowest BCUT2D eigenvalue weighted by Crippen LogP contribution is -2.25. The van der Waals surface area contributed by atoms with Crippen LogP contribution in [0, 0.1) is 6.92 Å². The predicted octanol–water partition coefficient (Wildman–Crippen LogP) is 3.01. The van der Waals surface area contributed by atoms with E-state index >= 15 is 0 Å². The molecule has 2 N–H and O–H groups in total. The van der Waals surface area contributed by atoms with E-state index in [1.807, 2.05) is 19.9 Å². The fraction of sp³-hybridized carbons (Fsp3) is 0.222. The Morgan fingerprint density at radius 3 is 2.54 bits per heavy atom. The van der Waals surface area contributed by atoms with Gasteiger partial charge in [-0.05, 0) is 38.5 Å². The van der Waals surface area contributed by atoms with E-state index in [-0.39, 0.29) is 34.8 Å². The molecule has 0 aliphatic carbocycles. The van der Waals surface area contributed by atoms with Gasteiger partial charge in [-0.15, -0.1) is 0 Å². The number of phenols is 2. The van der Waals surface area contributed by atoms with Crippen molar-refractivity contribution in [2.24, 2.45) is 0 Å². The maximum atomic E-state index is 12.1. The van der Waals surface area contributed by atoms with Gasteiger partial charge in [0.1, 0.15) is 18.1 Å². The Balaban J connectivity index is 2.32. The summed E-state index contributed by atoms with van der Waals surface area (Å²) in [6, 6.07) is 2.73. The highest BCUT2D eigenvalue weighted by Crippen LogP contribution is 2.48. The Morgan fingerprint density at radius 2 is 1.88 bits per heavy atom. The summed E-state index contributed by atoms with van der Waals surface area (Å²) in [5.74, 6) is -2.56. The maximum absolute atomic E-state index is 12.1. The number of hydrogen-bond donors (Lipinski definition) is 2. The van der Waals surface area contributed by atoms with E-state index in [1.165, 1.54) is 12.1 Å². The number of aromatic hydroxyl groups is 2. The molecule has 3 rings (SSSR count). The minimum Gasteiger partial charge on any atom is -0.507 e. The number of ether oxygens (including phenoxy) is 2. The first-order valence-corrected chi connectivity index (χ1v) is 7.36. The van der Waals surface area contributed by atoms with Crippen molar-refractivity contribution in [3.05, 3.63) is 34.9 Å². The number of phenolic OH excluding ortho intramolecular Hbond substituents is 2. The molecule has 0 atom stereocenters. The average Bonchev–Trinajstić information content (AvgIpc) is 2.48. The van der Waals surface area contributed by atoms with Gasteiger partial charge >= 0.3 is 5.97 Å². The molecule has 1 aliphatic heterocycles. The van der Waals surface area contributed by atoms with Crippen molar-refractivity contribution in [1.82, 2.24) is 0 Å². The predicted molar refractivity (Wildman–Crippen MR) is 86.9 cm³/mol. The summed E-state index contributed by atoms with van der Waals surface area (Å²) in [6.45, 7) is 5.87. The van der Waals surface area contributed by atoms with Crippen LogP contribution in [0.25, 0.3) is 10.8 Å². The highest BCUT2D eigenvalue weighted by molar-refractivity contribution is 6.46. The van der Waals surface area contributed by atoms with E-state index in [1.54, 1.807) is 6.92 Å². The average molecular weight is 328 g/mol. The first kappa shape index (κ1) is 15.9. The van der Waals surface area contributed by atoms with E-state index in [0.717, 1.165) is 5.57 Å². The molecule has 0 fully saturated rings. The zero-order chi connectivity index (χ0) is 17.6. The smallest absolute Gasteiger partial charge is 0.385 e. The molecule has 124 valence electrons. The lowest BCUT2D eigenvalue weighted by atomic mass is 9.93. The van der Waals surface area contributed by atoms with E-state index in [0.29, 0.717) is 16.7 Å². The van der Waals surface area contributed by atoms with Crippen molar-refractivity contribution in [1.29, 1.82) is 0 Å². The van der Waals surface area contributed by atoms with Gasteiger partial charge in [0.25, 0.3) is 5.78 Å². The standard InChI is InChI=1S/C18H16O6/c1-8(2)4-5-23-12-7-10(19)14-15-13(12)9(3)6-11(20)17(15)24-18(22)16(14)21/h4,6-7,19-20H,5H2,1-3H3. The quantitative estimate of drug-likeness (QED) is 0.389. The highest BCUT2D eigenvalue weighted by Gasteiger charge is 2.35. The van der Waals surface area contributed by atoms with Crippen molar-refractivity contribution in [3.8, 4) is 23.0 Å². The summed E-state index contributed by atoms with van der Waals surface area (Å²) in [5.41, 5.74) is 1.52. The van der Waals surface area contributed by atoms with Crippen molar-refractivity contribution in [2.45, 2.75) is 20.8 Å². The van der Waals surface area contributed by atoms with Crippen LogP contribution in [0.1, 0.15) is 29.8 Å². The first-order valence-electron chi connectivity index (χ1n) is 7.36. The van der Waals surface area contributed by atoms with Crippen LogP contribution in [0.5, 0.6) is 23.0 Å². The molecule has 24 heavy (non-hydrogen) atoms. The van der Waals surface area contributed by atoms with Crippen LogP contribution in [-0.4, -0.2) is 28.6 Å².